The predicted molar refractivity (Wildman–Crippen MR) is 116 cm³/mol. The molecule has 0 fully saturated rings. The summed E-state index contributed by atoms with van der Waals surface area (Å²) >= 11 is 0. The second-order valence-corrected chi connectivity index (χ2v) is 7.55. The number of methoxy groups -OCH3 is 1. The Morgan fingerprint density at radius 1 is 0.759 bits per heavy atom. The molecule has 5 rings (SSSR count). The molecule has 3 aromatic carbocycles. The highest BCUT2D eigenvalue weighted by Crippen LogP contribution is 2.27. The lowest BCUT2D eigenvalue weighted by molar-refractivity contribution is -0.698. The van der Waals surface area contributed by atoms with Crippen molar-refractivity contribution in [2.75, 3.05) is 7.11 Å². The summed E-state index contributed by atoms with van der Waals surface area (Å²) < 4.78 is 10.2. The van der Waals surface area contributed by atoms with E-state index in [-0.39, 0.29) is 0 Å². The third-order valence-corrected chi connectivity index (χ3v) is 5.80. The lowest BCUT2D eigenvalue weighted by Gasteiger charge is -2.11. The van der Waals surface area contributed by atoms with Crippen LogP contribution in [0.3, 0.4) is 0 Å². The Labute approximate surface area is 171 Å². The monoisotopic (exact) mass is 381 g/mol. The fourth-order valence-electron chi connectivity index (χ4n) is 4.25. The van der Waals surface area contributed by atoms with Crippen LogP contribution in [0.15, 0.2) is 85.1 Å². The van der Waals surface area contributed by atoms with Gasteiger partial charge in [-0.25, -0.2) is 4.57 Å². The zero-order valence-corrected chi connectivity index (χ0v) is 16.7. The highest BCUT2D eigenvalue weighted by atomic mass is 16.5. The molecule has 0 unspecified atom stereocenters. The van der Waals surface area contributed by atoms with Crippen molar-refractivity contribution in [2.24, 2.45) is 0 Å². The summed E-state index contributed by atoms with van der Waals surface area (Å²) in [6.45, 7) is 1.08. The molecule has 0 saturated carbocycles. The molecule has 0 N–H and O–H groups in total. The van der Waals surface area contributed by atoms with Crippen molar-refractivity contribution in [3.05, 3.63) is 90.9 Å². The highest BCUT2D eigenvalue weighted by Gasteiger charge is 2.27. The maximum absolute atomic E-state index is 5.33. The zero-order chi connectivity index (χ0) is 19.6. The maximum atomic E-state index is 5.33. The van der Waals surface area contributed by atoms with Gasteiger partial charge in [0.1, 0.15) is 17.6 Å². The van der Waals surface area contributed by atoms with E-state index in [4.69, 9.17) is 4.74 Å². The average Bonchev–Trinajstić information content (AvgIpc) is 3.20. The third kappa shape index (κ3) is 3.33. The number of hydrogen-bond acceptors (Lipinski definition) is 1. The molecule has 0 aliphatic carbocycles. The molecule has 1 aliphatic rings. The Hall–Kier alpha value is -3.33. The van der Waals surface area contributed by atoms with Crippen LogP contribution in [0, 0.1) is 0 Å². The van der Waals surface area contributed by atoms with Gasteiger partial charge in [0.25, 0.3) is 5.82 Å². The van der Waals surface area contributed by atoms with E-state index >= 15 is 0 Å². The van der Waals surface area contributed by atoms with Crippen LogP contribution in [0.2, 0.25) is 0 Å². The van der Waals surface area contributed by atoms with Gasteiger partial charge < -0.3 is 4.74 Å². The van der Waals surface area contributed by atoms with Crippen LogP contribution < -0.4 is 9.30 Å². The fourth-order valence-corrected chi connectivity index (χ4v) is 4.25. The summed E-state index contributed by atoms with van der Waals surface area (Å²) in [4.78, 5) is 0. The Bertz CT molecular complexity index is 1110. The molecule has 3 heteroatoms. The third-order valence-electron chi connectivity index (χ3n) is 5.80. The van der Waals surface area contributed by atoms with Crippen LogP contribution in [-0.4, -0.2) is 11.7 Å². The van der Waals surface area contributed by atoms with Gasteiger partial charge >= 0.3 is 0 Å². The number of benzene rings is 3. The van der Waals surface area contributed by atoms with Crippen LogP contribution in [0.5, 0.6) is 5.75 Å². The number of aromatic nitrogens is 2. The molecule has 0 radical (unpaired) electrons. The normalized spacial score (nSPS) is 13.1. The topological polar surface area (TPSA) is 18.0 Å². The molecule has 0 amide bonds. The van der Waals surface area contributed by atoms with Crippen molar-refractivity contribution < 1.29 is 9.30 Å². The number of rotatable bonds is 4. The lowest BCUT2D eigenvalue weighted by atomic mass is 10.0. The van der Waals surface area contributed by atoms with Crippen LogP contribution in [0.1, 0.15) is 18.7 Å². The second-order valence-electron chi connectivity index (χ2n) is 7.55. The minimum Gasteiger partial charge on any atom is -0.497 e. The first-order valence-corrected chi connectivity index (χ1v) is 10.3. The van der Waals surface area contributed by atoms with Crippen LogP contribution in [0.4, 0.5) is 0 Å². The molecule has 29 heavy (non-hydrogen) atoms. The molecule has 144 valence electrons. The van der Waals surface area contributed by atoms with Crippen LogP contribution >= 0.6 is 0 Å². The quantitative estimate of drug-likeness (QED) is 0.430. The standard InChI is InChI=1S/C26H25N2O/c1-29-24-16-14-23(15-17-24)28-19-25(27-18-6-5-9-26(27)28)22-12-10-21(11-13-22)20-7-3-2-4-8-20/h2-4,7-8,10-17,19H,5-6,9,18H2,1H3/q+1. The summed E-state index contributed by atoms with van der Waals surface area (Å²) in [6, 6.07) is 27.8. The van der Waals surface area contributed by atoms with Gasteiger partial charge in [-0.2, -0.15) is 4.57 Å². The molecule has 0 spiro atoms. The van der Waals surface area contributed by atoms with Crippen molar-refractivity contribution in [3.63, 3.8) is 0 Å². The van der Waals surface area contributed by atoms with Gasteiger partial charge in [-0.3, -0.25) is 0 Å². The van der Waals surface area contributed by atoms with E-state index in [1.165, 1.54) is 46.7 Å². The molecule has 0 bridgehead atoms. The largest absolute Gasteiger partial charge is 0.497 e. The Morgan fingerprint density at radius 3 is 2.17 bits per heavy atom. The number of hydrogen-bond donors (Lipinski definition) is 0. The summed E-state index contributed by atoms with van der Waals surface area (Å²) in [5, 5.41) is 0. The van der Waals surface area contributed by atoms with Gasteiger partial charge in [-0.05, 0) is 60.4 Å². The van der Waals surface area contributed by atoms with E-state index in [9.17, 15) is 0 Å². The summed E-state index contributed by atoms with van der Waals surface area (Å²) in [6.07, 6.45) is 5.88. The van der Waals surface area contributed by atoms with Gasteiger partial charge in [0.05, 0.1) is 13.7 Å². The maximum Gasteiger partial charge on any atom is 0.262 e. The first kappa shape index (κ1) is 17.7. The Morgan fingerprint density at radius 2 is 1.45 bits per heavy atom. The first-order valence-electron chi connectivity index (χ1n) is 10.3. The van der Waals surface area contributed by atoms with Crippen molar-refractivity contribution in [1.29, 1.82) is 0 Å². The smallest absolute Gasteiger partial charge is 0.262 e. The minimum absolute atomic E-state index is 0.888. The van der Waals surface area contributed by atoms with Gasteiger partial charge in [0.2, 0.25) is 0 Å². The number of imidazole rings is 1. The first-order chi connectivity index (χ1) is 14.3. The van der Waals surface area contributed by atoms with E-state index in [1.807, 2.05) is 12.1 Å². The zero-order valence-electron chi connectivity index (χ0n) is 16.7. The SMILES string of the molecule is COc1ccc(-n2cc(-c3ccc(-c4ccccc4)cc3)[n+]3c2CCCC3)cc1. The molecule has 4 aromatic rings. The molecule has 1 aliphatic heterocycles. The van der Waals surface area contributed by atoms with E-state index in [0.717, 1.165) is 18.7 Å². The average molecular weight is 381 g/mol. The van der Waals surface area contributed by atoms with Gasteiger partial charge in [0, 0.05) is 12.0 Å². The second kappa shape index (κ2) is 7.59. The fraction of sp³-hybridized carbons (Fsp3) is 0.192. The molecule has 0 saturated heterocycles. The molecule has 0 atom stereocenters. The molecular formula is C26H25N2O+. The van der Waals surface area contributed by atoms with Crippen molar-refractivity contribution in [2.45, 2.75) is 25.8 Å². The predicted octanol–water partition coefficient (Wildman–Crippen LogP) is 5.44. The van der Waals surface area contributed by atoms with Crippen molar-refractivity contribution in [3.8, 4) is 33.8 Å². The van der Waals surface area contributed by atoms with E-state index in [2.05, 4.69) is 82.1 Å². The van der Waals surface area contributed by atoms with Crippen LogP contribution in [-0.2, 0) is 13.0 Å². The van der Waals surface area contributed by atoms with Crippen molar-refractivity contribution >= 4 is 0 Å². The lowest BCUT2D eigenvalue weighted by Crippen LogP contribution is -2.42. The van der Waals surface area contributed by atoms with Gasteiger partial charge in [0.15, 0.2) is 5.69 Å². The molecule has 2 heterocycles. The Balaban J connectivity index is 1.55. The van der Waals surface area contributed by atoms with E-state index < -0.39 is 0 Å². The summed E-state index contributed by atoms with van der Waals surface area (Å²) in [7, 11) is 1.71. The Kier molecular flexibility index (Phi) is 4.65. The van der Waals surface area contributed by atoms with Gasteiger partial charge in [-0.15, -0.1) is 0 Å². The molecule has 1 aromatic heterocycles. The summed E-state index contributed by atoms with van der Waals surface area (Å²) in [5.74, 6) is 2.27. The number of ether oxygens (including phenoxy) is 1. The van der Waals surface area contributed by atoms with Crippen molar-refractivity contribution in [1.82, 2.24) is 4.57 Å². The highest BCUT2D eigenvalue weighted by molar-refractivity contribution is 5.68. The summed E-state index contributed by atoms with van der Waals surface area (Å²) in [5.41, 5.74) is 6.24. The number of nitrogens with zero attached hydrogens (tertiary/aromatic N) is 2. The van der Waals surface area contributed by atoms with Crippen LogP contribution in [0.25, 0.3) is 28.1 Å². The molecular weight excluding hydrogens is 356 g/mol. The molecule has 3 nitrogen and oxygen atoms in total. The van der Waals surface area contributed by atoms with E-state index in [1.54, 1.807) is 7.11 Å². The number of fused-ring (bicyclic) bond motifs is 1. The van der Waals surface area contributed by atoms with E-state index in [0.29, 0.717) is 0 Å². The minimum atomic E-state index is 0.888. The van der Waals surface area contributed by atoms with Gasteiger partial charge in [-0.1, -0.05) is 42.5 Å².